The van der Waals surface area contributed by atoms with E-state index in [1.165, 1.54) is 18.2 Å². The molecule has 0 heterocycles. The summed E-state index contributed by atoms with van der Waals surface area (Å²) in [7, 11) is -3.70. The third kappa shape index (κ3) is 4.35. The lowest BCUT2D eigenvalue weighted by atomic mass is 10.2. The second-order valence-corrected chi connectivity index (χ2v) is 6.06. The topological polar surface area (TPSA) is 89.9 Å². The average Bonchev–Trinajstić information content (AvgIpc) is 2.41. The number of carbonyl (C=O) groups is 1. The molecule has 0 aromatic heterocycles. The predicted molar refractivity (Wildman–Crippen MR) is 77.9 cm³/mol. The van der Waals surface area contributed by atoms with Gasteiger partial charge in [0.05, 0.1) is 5.56 Å². The molecule has 1 aromatic rings. The molecule has 0 radical (unpaired) electrons. The van der Waals surface area contributed by atoms with Crippen LogP contribution in [0.1, 0.15) is 10.4 Å². The molecule has 1 rings (SSSR count). The van der Waals surface area contributed by atoms with Crippen molar-refractivity contribution >= 4 is 15.8 Å². The first-order valence-corrected chi connectivity index (χ1v) is 7.79. The minimum atomic E-state index is -3.70. The van der Waals surface area contributed by atoms with Gasteiger partial charge in [0.25, 0.3) is 0 Å². The summed E-state index contributed by atoms with van der Waals surface area (Å²) in [5.41, 5.74) is -0.208. The zero-order valence-electron chi connectivity index (χ0n) is 11.5. The number of aromatic carboxylic acids is 1. The molecule has 0 aliphatic carbocycles. The highest BCUT2D eigenvalue weighted by Crippen LogP contribution is 2.36. The van der Waals surface area contributed by atoms with Gasteiger partial charge in [-0.25, -0.2) is 13.2 Å². The zero-order chi connectivity index (χ0) is 16.0. The van der Waals surface area contributed by atoms with Crippen LogP contribution in [0.2, 0.25) is 0 Å². The minimum Gasteiger partial charge on any atom is -0.486 e. The van der Waals surface area contributed by atoms with Crippen LogP contribution in [0.5, 0.6) is 11.5 Å². The number of hydrogen-bond donors (Lipinski definition) is 1. The minimum absolute atomic E-state index is 0.0251. The first-order valence-electron chi connectivity index (χ1n) is 5.90. The summed E-state index contributed by atoms with van der Waals surface area (Å²) in [4.78, 5) is 10.9. The number of carboxylic acids is 1. The summed E-state index contributed by atoms with van der Waals surface area (Å²) >= 11 is 0. The van der Waals surface area contributed by atoms with Crippen molar-refractivity contribution in [3.8, 4) is 11.5 Å². The van der Waals surface area contributed by atoms with Gasteiger partial charge in [0.2, 0.25) is 0 Å². The smallest absolute Gasteiger partial charge is 0.335 e. The van der Waals surface area contributed by atoms with Crippen LogP contribution in [0, 0.1) is 0 Å². The molecule has 0 unspecified atom stereocenters. The molecule has 114 valence electrons. The van der Waals surface area contributed by atoms with E-state index in [0.717, 1.165) is 12.3 Å². The van der Waals surface area contributed by atoms with Crippen LogP contribution >= 0.6 is 0 Å². The maximum atomic E-state index is 11.8. The molecule has 0 aliphatic rings. The largest absolute Gasteiger partial charge is 0.486 e. The molecule has 1 N–H and O–H groups in total. The fourth-order valence-corrected chi connectivity index (χ4v) is 2.35. The van der Waals surface area contributed by atoms with Gasteiger partial charge in [0, 0.05) is 6.26 Å². The van der Waals surface area contributed by atoms with Gasteiger partial charge in [0.15, 0.2) is 21.3 Å². The first kappa shape index (κ1) is 16.8. The highest BCUT2D eigenvalue weighted by atomic mass is 32.2. The number of benzene rings is 1. The molecule has 0 fully saturated rings. The second kappa shape index (κ2) is 6.94. The lowest BCUT2D eigenvalue weighted by Crippen LogP contribution is -2.09. The van der Waals surface area contributed by atoms with Crippen molar-refractivity contribution in [3.63, 3.8) is 0 Å². The third-order valence-corrected chi connectivity index (χ3v) is 3.47. The molecular weight excluding hydrogens is 296 g/mol. The maximum absolute atomic E-state index is 11.8. The van der Waals surface area contributed by atoms with Crippen LogP contribution in [0.15, 0.2) is 42.3 Å². The van der Waals surface area contributed by atoms with E-state index in [4.69, 9.17) is 14.6 Å². The van der Waals surface area contributed by atoms with E-state index >= 15 is 0 Å². The van der Waals surface area contributed by atoms with Crippen molar-refractivity contribution in [2.24, 2.45) is 0 Å². The van der Waals surface area contributed by atoms with Gasteiger partial charge < -0.3 is 14.6 Å². The molecule has 0 spiro atoms. The summed E-state index contributed by atoms with van der Waals surface area (Å²) in [6, 6.07) is 2.25. The first-order chi connectivity index (χ1) is 9.81. The highest BCUT2D eigenvalue weighted by Gasteiger charge is 2.23. The van der Waals surface area contributed by atoms with Crippen molar-refractivity contribution in [3.05, 3.63) is 43.0 Å². The zero-order valence-corrected chi connectivity index (χ0v) is 12.4. The molecule has 6 nitrogen and oxygen atoms in total. The Morgan fingerprint density at radius 1 is 1.24 bits per heavy atom. The van der Waals surface area contributed by atoms with Crippen LogP contribution in [0.4, 0.5) is 0 Å². The number of rotatable bonds is 8. The normalized spacial score (nSPS) is 10.7. The molecule has 0 aliphatic heterocycles. The second-order valence-electron chi connectivity index (χ2n) is 4.08. The summed E-state index contributed by atoms with van der Waals surface area (Å²) in [5.74, 6) is -1.28. The SMILES string of the molecule is C=CCOc1cc(C(=O)O)cc(S(C)(=O)=O)c1OCC=C. The van der Waals surface area contributed by atoms with Gasteiger partial charge in [-0.1, -0.05) is 25.3 Å². The van der Waals surface area contributed by atoms with E-state index in [2.05, 4.69) is 13.2 Å². The molecule has 0 saturated carbocycles. The lowest BCUT2D eigenvalue weighted by molar-refractivity contribution is 0.0696. The third-order valence-electron chi connectivity index (χ3n) is 2.37. The van der Waals surface area contributed by atoms with Crippen LogP contribution in [0.25, 0.3) is 0 Å². The van der Waals surface area contributed by atoms with Crippen LogP contribution in [-0.4, -0.2) is 39.0 Å². The Bertz CT molecular complexity index is 660. The fourth-order valence-electron chi connectivity index (χ4n) is 1.52. The van der Waals surface area contributed by atoms with Gasteiger partial charge in [-0.3, -0.25) is 0 Å². The number of hydrogen-bond acceptors (Lipinski definition) is 5. The van der Waals surface area contributed by atoms with Gasteiger partial charge in [-0.05, 0) is 12.1 Å². The summed E-state index contributed by atoms with van der Waals surface area (Å²) in [6.45, 7) is 7.09. The van der Waals surface area contributed by atoms with Crippen molar-refractivity contribution in [2.45, 2.75) is 4.90 Å². The van der Waals surface area contributed by atoms with Crippen molar-refractivity contribution in [2.75, 3.05) is 19.5 Å². The number of sulfone groups is 1. The summed E-state index contributed by atoms with van der Waals surface area (Å²) in [5, 5.41) is 9.06. The van der Waals surface area contributed by atoms with E-state index in [-0.39, 0.29) is 35.2 Å². The number of ether oxygens (including phenoxy) is 2. The molecule has 21 heavy (non-hydrogen) atoms. The Kier molecular flexibility index (Phi) is 5.54. The Labute approximate surface area is 123 Å². The Balaban J connectivity index is 3.55. The van der Waals surface area contributed by atoms with Crippen molar-refractivity contribution in [1.29, 1.82) is 0 Å². The Hall–Kier alpha value is -2.28. The van der Waals surface area contributed by atoms with Crippen LogP contribution in [-0.2, 0) is 9.84 Å². The van der Waals surface area contributed by atoms with Gasteiger partial charge in [0.1, 0.15) is 18.1 Å². The molecule has 0 atom stereocenters. The molecule has 0 saturated heterocycles. The summed E-state index contributed by atoms with van der Waals surface area (Å²) < 4.78 is 34.3. The Morgan fingerprint density at radius 3 is 2.29 bits per heavy atom. The fraction of sp³-hybridized carbons (Fsp3) is 0.214. The summed E-state index contributed by atoms with van der Waals surface area (Å²) in [6.07, 6.45) is 3.85. The molecule has 7 heteroatoms. The van der Waals surface area contributed by atoms with Crippen LogP contribution in [0.3, 0.4) is 0 Å². The molecule has 1 aromatic carbocycles. The van der Waals surface area contributed by atoms with E-state index in [1.54, 1.807) is 0 Å². The van der Waals surface area contributed by atoms with E-state index in [0.29, 0.717) is 0 Å². The van der Waals surface area contributed by atoms with Gasteiger partial charge in [-0.15, -0.1) is 0 Å². The quantitative estimate of drug-likeness (QED) is 0.738. The molecule has 0 amide bonds. The lowest BCUT2D eigenvalue weighted by Gasteiger charge is -2.15. The predicted octanol–water partition coefficient (Wildman–Crippen LogP) is 1.92. The maximum Gasteiger partial charge on any atom is 0.335 e. The van der Waals surface area contributed by atoms with E-state index in [1.807, 2.05) is 0 Å². The average molecular weight is 312 g/mol. The van der Waals surface area contributed by atoms with E-state index < -0.39 is 15.8 Å². The van der Waals surface area contributed by atoms with Crippen LogP contribution < -0.4 is 9.47 Å². The monoisotopic (exact) mass is 312 g/mol. The van der Waals surface area contributed by atoms with Gasteiger partial charge in [-0.2, -0.15) is 0 Å². The highest BCUT2D eigenvalue weighted by molar-refractivity contribution is 7.90. The molecule has 0 bridgehead atoms. The number of carboxylic acid groups (broad SMARTS) is 1. The Morgan fingerprint density at radius 2 is 1.81 bits per heavy atom. The van der Waals surface area contributed by atoms with Gasteiger partial charge >= 0.3 is 5.97 Å². The van der Waals surface area contributed by atoms with Crippen molar-refractivity contribution in [1.82, 2.24) is 0 Å². The standard InChI is InChI=1S/C14H16O6S/c1-4-6-19-11-8-10(14(15)16)9-12(21(3,17)18)13(11)20-7-5-2/h4-5,8-9H,1-2,6-7H2,3H3,(H,15,16). The van der Waals surface area contributed by atoms with Crippen molar-refractivity contribution < 1.29 is 27.8 Å². The molecular formula is C14H16O6S. The van der Waals surface area contributed by atoms with E-state index in [9.17, 15) is 13.2 Å².